The number of rotatable bonds is 3. The highest BCUT2D eigenvalue weighted by molar-refractivity contribution is 7.99. The van der Waals surface area contributed by atoms with E-state index in [1.165, 1.54) is 9.79 Å². The van der Waals surface area contributed by atoms with Crippen molar-refractivity contribution in [3.05, 3.63) is 67.0 Å². The molecule has 88 valence electrons. The normalized spacial score (nSPS) is 10.4. The SMILES string of the molecule is c1ccc(Sc2ccccc2-c2ncc[nH]2)cc1. The summed E-state index contributed by atoms with van der Waals surface area (Å²) in [5, 5.41) is 0. The Bertz CT molecular complexity index is 618. The van der Waals surface area contributed by atoms with Gasteiger partial charge in [0, 0.05) is 27.7 Å². The number of aromatic amines is 1. The molecule has 0 spiro atoms. The number of hydrogen-bond donors (Lipinski definition) is 1. The van der Waals surface area contributed by atoms with Crippen LogP contribution < -0.4 is 0 Å². The molecule has 1 aromatic heterocycles. The van der Waals surface area contributed by atoms with Crippen LogP contribution in [0, 0.1) is 0 Å². The van der Waals surface area contributed by atoms with Gasteiger partial charge in [-0.15, -0.1) is 0 Å². The van der Waals surface area contributed by atoms with Gasteiger partial charge in [-0.05, 0) is 18.2 Å². The fourth-order valence-electron chi connectivity index (χ4n) is 1.78. The Morgan fingerprint density at radius 2 is 1.67 bits per heavy atom. The van der Waals surface area contributed by atoms with Crippen LogP contribution in [0.15, 0.2) is 76.8 Å². The van der Waals surface area contributed by atoms with Crippen molar-refractivity contribution in [1.29, 1.82) is 0 Å². The van der Waals surface area contributed by atoms with Gasteiger partial charge in [0.05, 0.1) is 0 Å². The topological polar surface area (TPSA) is 28.7 Å². The third-order valence-corrected chi connectivity index (χ3v) is 3.70. The van der Waals surface area contributed by atoms with E-state index >= 15 is 0 Å². The van der Waals surface area contributed by atoms with Crippen molar-refractivity contribution in [2.45, 2.75) is 9.79 Å². The van der Waals surface area contributed by atoms with E-state index in [1.807, 2.05) is 18.3 Å². The minimum Gasteiger partial charge on any atom is -0.345 e. The van der Waals surface area contributed by atoms with Gasteiger partial charge in [0.2, 0.25) is 0 Å². The van der Waals surface area contributed by atoms with Gasteiger partial charge in [-0.2, -0.15) is 0 Å². The van der Waals surface area contributed by atoms with Crippen LogP contribution in [0.1, 0.15) is 0 Å². The van der Waals surface area contributed by atoms with Crippen LogP contribution in [0.4, 0.5) is 0 Å². The van der Waals surface area contributed by atoms with Crippen LogP contribution in [0.5, 0.6) is 0 Å². The molecule has 3 rings (SSSR count). The zero-order chi connectivity index (χ0) is 12.2. The van der Waals surface area contributed by atoms with Crippen molar-refractivity contribution in [3.63, 3.8) is 0 Å². The average Bonchev–Trinajstić information content (AvgIpc) is 2.94. The maximum atomic E-state index is 4.32. The number of imidazole rings is 1. The Hall–Kier alpha value is -2.00. The smallest absolute Gasteiger partial charge is 0.138 e. The molecule has 1 N–H and O–H groups in total. The van der Waals surface area contributed by atoms with Gasteiger partial charge in [-0.25, -0.2) is 4.98 Å². The van der Waals surface area contributed by atoms with E-state index in [1.54, 1.807) is 18.0 Å². The lowest BCUT2D eigenvalue weighted by Gasteiger charge is -2.06. The maximum absolute atomic E-state index is 4.32. The van der Waals surface area contributed by atoms with E-state index in [-0.39, 0.29) is 0 Å². The summed E-state index contributed by atoms with van der Waals surface area (Å²) in [6.45, 7) is 0. The third-order valence-electron chi connectivity index (χ3n) is 2.61. The number of aromatic nitrogens is 2. The Labute approximate surface area is 110 Å². The quantitative estimate of drug-likeness (QED) is 0.755. The first-order chi connectivity index (χ1) is 8.93. The first-order valence-electron chi connectivity index (χ1n) is 5.75. The molecule has 0 bridgehead atoms. The third kappa shape index (κ3) is 2.31. The van der Waals surface area contributed by atoms with Crippen molar-refractivity contribution in [1.82, 2.24) is 9.97 Å². The predicted molar refractivity (Wildman–Crippen MR) is 74.6 cm³/mol. The lowest BCUT2D eigenvalue weighted by Crippen LogP contribution is -1.84. The molecule has 0 amide bonds. The second kappa shape index (κ2) is 5.10. The molecule has 18 heavy (non-hydrogen) atoms. The van der Waals surface area contributed by atoms with E-state index in [2.05, 4.69) is 52.4 Å². The molecule has 3 aromatic rings. The molecule has 0 radical (unpaired) electrons. The Kier molecular flexibility index (Phi) is 3.15. The number of benzene rings is 2. The number of nitrogens with zero attached hydrogens (tertiary/aromatic N) is 1. The van der Waals surface area contributed by atoms with Crippen molar-refractivity contribution in [3.8, 4) is 11.4 Å². The van der Waals surface area contributed by atoms with Gasteiger partial charge in [0.15, 0.2) is 0 Å². The summed E-state index contributed by atoms with van der Waals surface area (Å²) in [7, 11) is 0. The number of hydrogen-bond acceptors (Lipinski definition) is 2. The molecule has 0 fully saturated rings. The molecule has 2 nitrogen and oxygen atoms in total. The van der Waals surface area contributed by atoms with Gasteiger partial charge < -0.3 is 4.98 Å². The van der Waals surface area contributed by atoms with Gasteiger partial charge >= 0.3 is 0 Å². The van der Waals surface area contributed by atoms with Crippen molar-refractivity contribution in [2.24, 2.45) is 0 Å². The van der Waals surface area contributed by atoms with E-state index in [0.29, 0.717) is 0 Å². The summed E-state index contributed by atoms with van der Waals surface area (Å²) in [6, 6.07) is 18.7. The molecule has 0 unspecified atom stereocenters. The van der Waals surface area contributed by atoms with E-state index < -0.39 is 0 Å². The molecule has 0 aliphatic heterocycles. The molecule has 1 heterocycles. The molecule has 3 heteroatoms. The van der Waals surface area contributed by atoms with Crippen molar-refractivity contribution >= 4 is 11.8 Å². The molecule has 2 aromatic carbocycles. The van der Waals surface area contributed by atoms with Gasteiger partial charge in [-0.3, -0.25) is 0 Å². The van der Waals surface area contributed by atoms with Gasteiger partial charge in [0.25, 0.3) is 0 Å². The molecule has 0 atom stereocenters. The molecular weight excluding hydrogens is 240 g/mol. The summed E-state index contributed by atoms with van der Waals surface area (Å²) in [6.07, 6.45) is 3.62. The highest BCUT2D eigenvalue weighted by atomic mass is 32.2. The zero-order valence-corrected chi connectivity index (χ0v) is 10.5. The first kappa shape index (κ1) is 11.1. The minimum atomic E-state index is 0.911. The standard InChI is InChI=1S/C15H12N2S/c1-2-6-12(7-3-1)18-14-9-5-4-8-13(14)15-16-10-11-17-15/h1-11H,(H,16,17). The Morgan fingerprint density at radius 3 is 2.44 bits per heavy atom. The van der Waals surface area contributed by atoms with Gasteiger partial charge in [0.1, 0.15) is 5.82 Å². The lowest BCUT2D eigenvalue weighted by atomic mass is 10.2. The zero-order valence-electron chi connectivity index (χ0n) is 9.71. The van der Waals surface area contributed by atoms with Crippen molar-refractivity contribution in [2.75, 3.05) is 0 Å². The van der Waals surface area contributed by atoms with Crippen LogP contribution in [0.2, 0.25) is 0 Å². The predicted octanol–water partition coefficient (Wildman–Crippen LogP) is 4.23. The van der Waals surface area contributed by atoms with Crippen LogP contribution in [-0.2, 0) is 0 Å². The van der Waals surface area contributed by atoms with E-state index in [4.69, 9.17) is 0 Å². The van der Waals surface area contributed by atoms with E-state index in [0.717, 1.165) is 11.4 Å². The van der Waals surface area contributed by atoms with E-state index in [9.17, 15) is 0 Å². The summed E-state index contributed by atoms with van der Waals surface area (Å²) >= 11 is 1.75. The Balaban J connectivity index is 1.98. The lowest BCUT2D eigenvalue weighted by molar-refractivity contribution is 1.27. The highest BCUT2D eigenvalue weighted by Crippen LogP contribution is 2.34. The monoisotopic (exact) mass is 252 g/mol. The molecular formula is C15H12N2S. The fourth-order valence-corrected chi connectivity index (χ4v) is 2.75. The Morgan fingerprint density at radius 1 is 0.889 bits per heavy atom. The molecule has 0 aliphatic carbocycles. The van der Waals surface area contributed by atoms with Crippen LogP contribution in [-0.4, -0.2) is 9.97 Å². The second-order valence-corrected chi connectivity index (χ2v) is 4.96. The average molecular weight is 252 g/mol. The van der Waals surface area contributed by atoms with Crippen LogP contribution in [0.3, 0.4) is 0 Å². The summed E-state index contributed by atoms with van der Waals surface area (Å²) < 4.78 is 0. The second-order valence-electron chi connectivity index (χ2n) is 3.85. The number of nitrogens with one attached hydrogen (secondary N) is 1. The minimum absolute atomic E-state index is 0.911. The van der Waals surface area contributed by atoms with Crippen LogP contribution >= 0.6 is 11.8 Å². The summed E-state index contributed by atoms with van der Waals surface area (Å²) in [4.78, 5) is 9.92. The maximum Gasteiger partial charge on any atom is 0.138 e. The molecule has 0 saturated carbocycles. The molecule has 0 saturated heterocycles. The van der Waals surface area contributed by atoms with Crippen LogP contribution in [0.25, 0.3) is 11.4 Å². The number of H-pyrrole nitrogens is 1. The van der Waals surface area contributed by atoms with Crippen molar-refractivity contribution < 1.29 is 0 Å². The highest BCUT2D eigenvalue weighted by Gasteiger charge is 2.07. The fraction of sp³-hybridized carbons (Fsp3) is 0. The summed E-state index contributed by atoms with van der Waals surface area (Å²) in [5.74, 6) is 0.911. The first-order valence-corrected chi connectivity index (χ1v) is 6.57. The summed E-state index contributed by atoms with van der Waals surface area (Å²) in [5.41, 5.74) is 1.14. The largest absolute Gasteiger partial charge is 0.345 e. The van der Waals surface area contributed by atoms with Gasteiger partial charge in [-0.1, -0.05) is 48.2 Å². The molecule has 0 aliphatic rings.